The van der Waals surface area contributed by atoms with Gasteiger partial charge in [0.05, 0.1) is 11.1 Å². The first-order valence-corrected chi connectivity index (χ1v) is 11.1. The average molecular weight is 395 g/mol. The van der Waals surface area contributed by atoms with Crippen LogP contribution in [0.4, 0.5) is 0 Å². The third-order valence-electron chi connectivity index (χ3n) is 6.18. The fourth-order valence-electron chi connectivity index (χ4n) is 4.68. The van der Waals surface area contributed by atoms with Gasteiger partial charge < -0.3 is 10.1 Å². The van der Waals surface area contributed by atoms with E-state index in [9.17, 15) is 9.59 Å². The second-order valence-electron chi connectivity index (χ2n) is 8.32. The van der Waals surface area contributed by atoms with Gasteiger partial charge in [-0.25, -0.2) is 4.79 Å². The van der Waals surface area contributed by atoms with Gasteiger partial charge in [0.2, 0.25) is 0 Å². The Balaban J connectivity index is 1.54. The molecular formula is C24H30N2O3. The molecule has 0 saturated heterocycles. The number of hydrogen-bond acceptors (Lipinski definition) is 4. The molecule has 1 fully saturated rings. The number of nitrogens with zero attached hydrogens (tertiary/aromatic N) is 1. The summed E-state index contributed by atoms with van der Waals surface area (Å²) in [6, 6.07) is 7.96. The topological polar surface area (TPSA) is 68.3 Å². The predicted molar refractivity (Wildman–Crippen MR) is 113 cm³/mol. The molecule has 0 atom stereocenters. The zero-order valence-electron chi connectivity index (χ0n) is 17.0. The lowest BCUT2D eigenvalue weighted by atomic mass is 9.91. The molecule has 0 unspecified atom stereocenters. The molecule has 2 aliphatic rings. The zero-order valence-corrected chi connectivity index (χ0v) is 17.0. The maximum atomic E-state index is 13.1. The lowest BCUT2D eigenvalue weighted by molar-refractivity contribution is -0.125. The fourth-order valence-corrected chi connectivity index (χ4v) is 4.68. The van der Waals surface area contributed by atoms with E-state index < -0.39 is 5.97 Å². The van der Waals surface area contributed by atoms with Gasteiger partial charge in [-0.05, 0) is 50.2 Å². The zero-order chi connectivity index (χ0) is 20.1. The van der Waals surface area contributed by atoms with Crippen molar-refractivity contribution in [3.8, 4) is 0 Å². The van der Waals surface area contributed by atoms with Crippen molar-refractivity contribution >= 4 is 22.8 Å². The van der Waals surface area contributed by atoms with Crippen LogP contribution >= 0.6 is 0 Å². The number of para-hydroxylation sites is 1. The van der Waals surface area contributed by atoms with E-state index >= 15 is 0 Å². The average Bonchev–Trinajstić information content (AvgIpc) is 2.72. The maximum absolute atomic E-state index is 13.1. The van der Waals surface area contributed by atoms with Crippen molar-refractivity contribution in [2.45, 2.75) is 76.7 Å². The van der Waals surface area contributed by atoms with E-state index in [-0.39, 0.29) is 18.6 Å². The number of carbonyl (C=O) groups excluding carboxylic acids is 2. The number of aryl methyl sites for hydroxylation is 1. The number of ether oxygens (including phenoxy) is 1. The molecule has 0 bridgehead atoms. The molecule has 1 N–H and O–H groups in total. The molecule has 1 aromatic heterocycles. The number of aromatic nitrogens is 1. The Morgan fingerprint density at radius 3 is 2.52 bits per heavy atom. The van der Waals surface area contributed by atoms with Gasteiger partial charge in [-0.2, -0.15) is 0 Å². The first kappa shape index (κ1) is 19.9. The number of nitrogens with one attached hydrogen (secondary N) is 1. The van der Waals surface area contributed by atoms with Crippen LogP contribution in [0, 0.1) is 0 Å². The summed E-state index contributed by atoms with van der Waals surface area (Å²) in [6.45, 7) is -0.221. The molecule has 5 heteroatoms. The number of pyridine rings is 1. The summed E-state index contributed by atoms with van der Waals surface area (Å²) in [6.07, 6.45) is 11.8. The monoisotopic (exact) mass is 394 g/mol. The lowest BCUT2D eigenvalue weighted by Crippen LogP contribution is -2.38. The van der Waals surface area contributed by atoms with Crippen LogP contribution in [0.15, 0.2) is 24.3 Å². The first-order chi connectivity index (χ1) is 14.2. The standard InChI is InChI=1S/C24H30N2O3/c27-22(25-17-10-4-3-5-11-17)16-29-24(28)23-18-12-6-1-2-7-14-20(18)26-21-15-9-8-13-19(21)23/h8-9,13,15,17H,1-7,10-12,14,16H2,(H,25,27). The Hall–Kier alpha value is -2.43. The Bertz CT molecular complexity index is 887. The Kier molecular flexibility index (Phi) is 6.43. The molecule has 1 saturated carbocycles. The molecule has 4 rings (SSSR count). The number of amides is 1. The summed E-state index contributed by atoms with van der Waals surface area (Å²) >= 11 is 0. The number of fused-ring (bicyclic) bond motifs is 2. The van der Waals surface area contributed by atoms with Crippen LogP contribution in [0.3, 0.4) is 0 Å². The molecule has 2 aromatic rings. The SMILES string of the molecule is O=C(COC(=O)c1c2c(nc3ccccc13)CCCCCC2)NC1CCCCC1. The largest absolute Gasteiger partial charge is 0.452 e. The van der Waals surface area contributed by atoms with Crippen molar-refractivity contribution in [1.82, 2.24) is 10.3 Å². The van der Waals surface area contributed by atoms with Gasteiger partial charge in [0.1, 0.15) is 0 Å². The number of benzene rings is 1. The molecule has 154 valence electrons. The number of rotatable bonds is 4. The van der Waals surface area contributed by atoms with Crippen LogP contribution < -0.4 is 5.32 Å². The van der Waals surface area contributed by atoms with Gasteiger partial charge >= 0.3 is 5.97 Å². The van der Waals surface area contributed by atoms with Crippen LogP contribution in [0.2, 0.25) is 0 Å². The first-order valence-electron chi connectivity index (χ1n) is 11.1. The van der Waals surface area contributed by atoms with Crippen molar-refractivity contribution in [3.63, 3.8) is 0 Å². The number of esters is 1. The molecule has 5 nitrogen and oxygen atoms in total. The van der Waals surface area contributed by atoms with E-state index in [0.717, 1.165) is 73.5 Å². The van der Waals surface area contributed by atoms with Crippen molar-refractivity contribution in [2.24, 2.45) is 0 Å². The highest BCUT2D eigenvalue weighted by molar-refractivity contribution is 6.05. The van der Waals surface area contributed by atoms with Gasteiger partial charge in [0.25, 0.3) is 5.91 Å². The maximum Gasteiger partial charge on any atom is 0.339 e. The summed E-state index contributed by atoms with van der Waals surface area (Å²) in [5.41, 5.74) is 3.46. The van der Waals surface area contributed by atoms with Crippen LogP contribution in [0.5, 0.6) is 0 Å². The van der Waals surface area contributed by atoms with Gasteiger partial charge in [0, 0.05) is 17.1 Å². The van der Waals surface area contributed by atoms with E-state index in [2.05, 4.69) is 5.32 Å². The highest BCUT2D eigenvalue weighted by Crippen LogP contribution is 2.29. The predicted octanol–water partition coefficient (Wildman–Crippen LogP) is 4.50. The van der Waals surface area contributed by atoms with Crippen molar-refractivity contribution < 1.29 is 14.3 Å². The molecule has 2 aliphatic carbocycles. The number of hydrogen-bond donors (Lipinski definition) is 1. The van der Waals surface area contributed by atoms with Crippen LogP contribution in [0.1, 0.15) is 79.4 Å². The molecule has 0 spiro atoms. The second-order valence-corrected chi connectivity index (χ2v) is 8.32. The summed E-state index contributed by atoms with van der Waals surface area (Å²) in [5, 5.41) is 3.84. The lowest BCUT2D eigenvalue weighted by Gasteiger charge is -2.22. The van der Waals surface area contributed by atoms with Gasteiger partial charge in [-0.15, -0.1) is 0 Å². The van der Waals surface area contributed by atoms with E-state index in [0.29, 0.717) is 5.56 Å². The molecule has 0 radical (unpaired) electrons. The van der Waals surface area contributed by atoms with Gasteiger partial charge in [-0.1, -0.05) is 50.3 Å². The smallest absolute Gasteiger partial charge is 0.339 e. The second kappa shape index (κ2) is 9.38. The fraction of sp³-hybridized carbons (Fsp3) is 0.542. The molecule has 1 aromatic carbocycles. The van der Waals surface area contributed by atoms with E-state index in [4.69, 9.17) is 9.72 Å². The third-order valence-corrected chi connectivity index (χ3v) is 6.18. The van der Waals surface area contributed by atoms with Gasteiger partial charge in [0.15, 0.2) is 6.61 Å². The highest BCUT2D eigenvalue weighted by Gasteiger charge is 2.23. The Morgan fingerprint density at radius 1 is 0.966 bits per heavy atom. The van der Waals surface area contributed by atoms with Crippen molar-refractivity contribution in [3.05, 3.63) is 41.1 Å². The summed E-state index contributed by atoms with van der Waals surface area (Å²) < 4.78 is 5.50. The summed E-state index contributed by atoms with van der Waals surface area (Å²) in [7, 11) is 0. The molecule has 1 heterocycles. The van der Waals surface area contributed by atoms with E-state index in [1.54, 1.807) is 0 Å². The summed E-state index contributed by atoms with van der Waals surface area (Å²) in [4.78, 5) is 30.2. The Labute approximate surface area is 172 Å². The van der Waals surface area contributed by atoms with Crippen LogP contribution in [-0.4, -0.2) is 29.5 Å². The normalized spacial score (nSPS) is 17.8. The summed E-state index contributed by atoms with van der Waals surface area (Å²) in [5.74, 6) is -0.606. The van der Waals surface area contributed by atoms with Crippen LogP contribution in [-0.2, 0) is 22.4 Å². The van der Waals surface area contributed by atoms with Crippen LogP contribution in [0.25, 0.3) is 10.9 Å². The minimum atomic E-state index is -0.404. The quantitative estimate of drug-likeness (QED) is 0.775. The molecule has 29 heavy (non-hydrogen) atoms. The molecule has 1 amide bonds. The van der Waals surface area contributed by atoms with E-state index in [1.807, 2.05) is 24.3 Å². The van der Waals surface area contributed by atoms with Gasteiger partial charge in [-0.3, -0.25) is 9.78 Å². The van der Waals surface area contributed by atoms with Crippen molar-refractivity contribution in [1.29, 1.82) is 0 Å². The number of carbonyl (C=O) groups is 2. The Morgan fingerprint density at radius 2 is 1.69 bits per heavy atom. The third kappa shape index (κ3) is 4.77. The minimum absolute atomic E-state index is 0.202. The molecule has 0 aliphatic heterocycles. The highest BCUT2D eigenvalue weighted by atomic mass is 16.5. The van der Waals surface area contributed by atoms with Crippen molar-refractivity contribution in [2.75, 3.05) is 6.61 Å². The molecular weight excluding hydrogens is 364 g/mol. The minimum Gasteiger partial charge on any atom is -0.452 e. The van der Waals surface area contributed by atoms with E-state index in [1.165, 1.54) is 19.3 Å².